The highest BCUT2D eigenvalue weighted by molar-refractivity contribution is 5.64. The largest absolute Gasteiger partial charge is 0.378 e. The number of nitrogens with zero attached hydrogens (tertiary/aromatic N) is 3. The first-order valence-corrected chi connectivity index (χ1v) is 13.5. The zero-order valence-electron chi connectivity index (χ0n) is 21.2. The fourth-order valence-electron chi connectivity index (χ4n) is 6.03. The number of rotatable bonds is 6. The van der Waals surface area contributed by atoms with Crippen molar-refractivity contribution in [2.45, 2.75) is 18.9 Å². The van der Waals surface area contributed by atoms with E-state index in [1.54, 1.807) is 5.57 Å². The van der Waals surface area contributed by atoms with Crippen LogP contribution >= 0.6 is 0 Å². The molecule has 2 fully saturated rings. The van der Waals surface area contributed by atoms with E-state index in [9.17, 15) is 0 Å². The first-order valence-electron chi connectivity index (χ1n) is 13.5. The lowest BCUT2D eigenvalue weighted by Crippen LogP contribution is -2.48. The number of anilines is 1. The van der Waals surface area contributed by atoms with Crippen molar-refractivity contribution in [3.8, 4) is 0 Å². The maximum Gasteiger partial charge on any atom is 0.0642 e. The summed E-state index contributed by atoms with van der Waals surface area (Å²) >= 11 is 0. The van der Waals surface area contributed by atoms with Crippen molar-refractivity contribution in [3.05, 3.63) is 107 Å². The second kappa shape index (κ2) is 11.0. The van der Waals surface area contributed by atoms with E-state index < -0.39 is 0 Å². The fourth-order valence-corrected chi connectivity index (χ4v) is 6.03. The van der Waals surface area contributed by atoms with Crippen LogP contribution in [-0.2, 0) is 11.2 Å². The van der Waals surface area contributed by atoms with Gasteiger partial charge in [-0.25, -0.2) is 0 Å². The Morgan fingerprint density at radius 1 is 0.694 bits per heavy atom. The Kier molecular flexibility index (Phi) is 7.17. The number of fused-ring (bicyclic) bond motifs is 1. The third-order valence-corrected chi connectivity index (χ3v) is 8.01. The van der Waals surface area contributed by atoms with Gasteiger partial charge < -0.3 is 9.64 Å². The van der Waals surface area contributed by atoms with E-state index in [0.717, 1.165) is 65.4 Å². The van der Waals surface area contributed by atoms with Crippen LogP contribution in [0.2, 0.25) is 0 Å². The molecule has 36 heavy (non-hydrogen) atoms. The second-order valence-corrected chi connectivity index (χ2v) is 10.3. The van der Waals surface area contributed by atoms with Gasteiger partial charge in [-0.1, -0.05) is 78.4 Å². The van der Waals surface area contributed by atoms with E-state index in [1.807, 2.05) is 0 Å². The van der Waals surface area contributed by atoms with Gasteiger partial charge in [-0.2, -0.15) is 0 Å². The molecule has 4 nitrogen and oxygen atoms in total. The summed E-state index contributed by atoms with van der Waals surface area (Å²) in [5.41, 5.74) is 8.63. The Bertz CT molecular complexity index is 1120. The summed E-state index contributed by atoms with van der Waals surface area (Å²) in [7, 11) is 0. The van der Waals surface area contributed by atoms with Crippen LogP contribution in [0.25, 0.3) is 6.08 Å². The molecule has 0 radical (unpaired) electrons. The topological polar surface area (TPSA) is 19.0 Å². The van der Waals surface area contributed by atoms with E-state index in [4.69, 9.17) is 4.74 Å². The maximum absolute atomic E-state index is 5.53. The molecule has 0 spiro atoms. The number of benzene rings is 3. The molecule has 0 saturated carbocycles. The van der Waals surface area contributed by atoms with Gasteiger partial charge in [0.1, 0.15) is 0 Å². The van der Waals surface area contributed by atoms with Crippen molar-refractivity contribution in [2.24, 2.45) is 0 Å². The predicted octanol–water partition coefficient (Wildman–Crippen LogP) is 5.26. The summed E-state index contributed by atoms with van der Waals surface area (Å²) in [4.78, 5) is 7.78. The number of piperazine rings is 1. The molecule has 3 aromatic rings. The fraction of sp³-hybridized carbons (Fsp3) is 0.375. The number of morpholine rings is 1. The average molecular weight is 480 g/mol. The van der Waals surface area contributed by atoms with Gasteiger partial charge in [0.25, 0.3) is 0 Å². The Morgan fingerprint density at radius 3 is 2.03 bits per heavy atom. The van der Waals surface area contributed by atoms with Crippen molar-refractivity contribution in [1.82, 2.24) is 9.80 Å². The Hall–Kier alpha value is -2.92. The minimum Gasteiger partial charge on any atom is -0.378 e. The van der Waals surface area contributed by atoms with Crippen molar-refractivity contribution in [3.63, 3.8) is 0 Å². The molecule has 6 rings (SSSR count). The van der Waals surface area contributed by atoms with Crippen LogP contribution in [0.3, 0.4) is 0 Å². The minimum atomic E-state index is 0.330. The number of aryl methyl sites for hydroxylation is 1. The standard InChI is InChI=1S/C32H37N3O/c1-3-7-27(8-4-1)32(28-9-5-2-6-10-28)35-17-15-33(16-18-35)25-26-11-12-30-24-31(14-13-29(30)23-26)34-19-21-36-22-20-34/h1-10,13-14,23-24,32H,11-12,15-22,25H2. The lowest BCUT2D eigenvalue weighted by molar-refractivity contribution is 0.115. The Balaban J connectivity index is 1.10. The molecule has 0 aromatic heterocycles. The highest BCUT2D eigenvalue weighted by Gasteiger charge is 2.27. The van der Waals surface area contributed by atoms with Crippen LogP contribution in [0.5, 0.6) is 0 Å². The minimum absolute atomic E-state index is 0.330. The third kappa shape index (κ3) is 5.27. The summed E-state index contributed by atoms with van der Waals surface area (Å²) in [5.74, 6) is 0. The molecule has 0 N–H and O–H groups in total. The lowest BCUT2D eigenvalue weighted by Gasteiger charge is -2.40. The van der Waals surface area contributed by atoms with Gasteiger partial charge in [-0.05, 0) is 47.2 Å². The molecule has 186 valence electrons. The molecule has 0 amide bonds. The van der Waals surface area contributed by atoms with E-state index in [0.29, 0.717) is 6.04 Å². The highest BCUT2D eigenvalue weighted by atomic mass is 16.5. The van der Waals surface area contributed by atoms with Crippen molar-refractivity contribution in [2.75, 3.05) is 63.9 Å². The van der Waals surface area contributed by atoms with Crippen LogP contribution in [0.1, 0.15) is 34.7 Å². The average Bonchev–Trinajstić information content (AvgIpc) is 2.95. The van der Waals surface area contributed by atoms with Gasteiger partial charge >= 0.3 is 0 Å². The normalized spacial score (nSPS) is 19.2. The van der Waals surface area contributed by atoms with E-state index in [-0.39, 0.29) is 0 Å². The molecule has 3 aromatic carbocycles. The van der Waals surface area contributed by atoms with Gasteiger partial charge in [-0.3, -0.25) is 9.80 Å². The van der Waals surface area contributed by atoms with Crippen LogP contribution < -0.4 is 4.90 Å². The molecule has 1 aliphatic carbocycles. The molecule has 0 unspecified atom stereocenters. The molecule has 2 aliphatic heterocycles. The van der Waals surface area contributed by atoms with Crippen molar-refractivity contribution >= 4 is 11.8 Å². The zero-order valence-corrected chi connectivity index (χ0v) is 21.2. The van der Waals surface area contributed by atoms with Crippen LogP contribution in [-0.4, -0.2) is 68.8 Å². The first-order chi connectivity index (χ1) is 17.8. The molecule has 3 aliphatic rings. The smallest absolute Gasteiger partial charge is 0.0642 e. The molecule has 2 saturated heterocycles. The number of hydrogen-bond donors (Lipinski definition) is 0. The molecule has 0 atom stereocenters. The van der Waals surface area contributed by atoms with Gasteiger partial charge in [0.15, 0.2) is 0 Å². The van der Waals surface area contributed by atoms with E-state index >= 15 is 0 Å². The second-order valence-electron chi connectivity index (χ2n) is 10.3. The summed E-state index contributed by atoms with van der Waals surface area (Å²) in [6, 6.07) is 29.4. The van der Waals surface area contributed by atoms with Gasteiger partial charge in [-0.15, -0.1) is 0 Å². The zero-order chi connectivity index (χ0) is 24.2. The monoisotopic (exact) mass is 479 g/mol. The number of ether oxygens (including phenoxy) is 1. The molecule has 2 heterocycles. The molecular weight excluding hydrogens is 442 g/mol. The molecular formula is C32H37N3O. The molecule has 4 heteroatoms. The van der Waals surface area contributed by atoms with Crippen molar-refractivity contribution in [1.29, 1.82) is 0 Å². The summed E-state index contributed by atoms with van der Waals surface area (Å²) in [6.45, 7) is 9.22. The third-order valence-electron chi connectivity index (χ3n) is 8.01. The summed E-state index contributed by atoms with van der Waals surface area (Å²) < 4.78 is 5.53. The first kappa shape index (κ1) is 23.5. The quantitative estimate of drug-likeness (QED) is 0.480. The van der Waals surface area contributed by atoms with Crippen LogP contribution in [0.15, 0.2) is 84.4 Å². The Labute approximate surface area is 215 Å². The van der Waals surface area contributed by atoms with Gasteiger partial charge in [0.05, 0.1) is 19.3 Å². The highest BCUT2D eigenvalue weighted by Crippen LogP contribution is 2.31. The maximum atomic E-state index is 5.53. The van der Waals surface area contributed by atoms with Crippen molar-refractivity contribution < 1.29 is 4.74 Å². The van der Waals surface area contributed by atoms with Gasteiger partial charge in [0, 0.05) is 51.5 Å². The SMILES string of the molecule is C1=C(CN2CCN(C(c3ccccc3)c3ccccc3)CC2)CCc2cc(N3CCOCC3)ccc21. The van der Waals surface area contributed by atoms with Gasteiger partial charge in [0.2, 0.25) is 0 Å². The Morgan fingerprint density at radius 2 is 1.36 bits per heavy atom. The summed E-state index contributed by atoms with van der Waals surface area (Å²) in [6.07, 6.45) is 4.80. The van der Waals surface area contributed by atoms with Crippen LogP contribution in [0, 0.1) is 0 Å². The van der Waals surface area contributed by atoms with E-state index in [1.165, 1.54) is 34.4 Å². The predicted molar refractivity (Wildman–Crippen MR) is 149 cm³/mol. The number of hydrogen-bond acceptors (Lipinski definition) is 4. The summed E-state index contributed by atoms with van der Waals surface area (Å²) in [5, 5.41) is 0. The van der Waals surface area contributed by atoms with E-state index in [2.05, 4.69) is 99.6 Å². The van der Waals surface area contributed by atoms with Crippen LogP contribution in [0.4, 0.5) is 5.69 Å². The molecule has 0 bridgehead atoms. The lowest BCUT2D eigenvalue weighted by atomic mass is 9.91.